The fraction of sp³-hybridized carbons (Fsp3) is 0.200. The maximum Gasteiger partial charge on any atom is 0.516 e. The summed E-state index contributed by atoms with van der Waals surface area (Å²) >= 11 is 0. The molecule has 0 aromatic heterocycles. The number of hydrogen-bond donors (Lipinski definition) is 4. The molecule has 2 atom stereocenters. The minimum atomic E-state index is -5.59. The van der Waals surface area contributed by atoms with E-state index >= 15 is 0 Å². The van der Waals surface area contributed by atoms with Gasteiger partial charge in [-0.3, -0.25) is 9.73 Å². The molecule has 0 saturated heterocycles. The number of alkyl halides is 3. The monoisotopic (exact) mass is 532 g/mol. The Morgan fingerprint density at radius 2 is 1.78 bits per heavy atom. The fourth-order valence-corrected chi connectivity index (χ4v) is 4.86. The number of nitrogens with one attached hydrogen (secondary N) is 3. The third-order valence-corrected chi connectivity index (χ3v) is 7.26. The lowest BCUT2D eigenvalue weighted by molar-refractivity contribution is -0.0429. The lowest BCUT2D eigenvalue weighted by Crippen LogP contribution is -2.37. The number of ether oxygens (including phenoxy) is 1. The van der Waals surface area contributed by atoms with E-state index in [1.54, 1.807) is 29.0 Å². The highest BCUT2D eigenvalue weighted by atomic mass is 32.2. The first-order valence-corrected chi connectivity index (χ1v) is 12.8. The van der Waals surface area contributed by atoms with E-state index in [1.165, 1.54) is 18.2 Å². The molecule has 3 aromatic rings. The predicted octanol–water partition coefficient (Wildman–Crippen LogP) is 4.42. The van der Waals surface area contributed by atoms with Gasteiger partial charge in [0.25, 0.3) is 0 Å². The summed E-state index contributed by atoms with van der Waals surface area (Å²) in [6, 6.07) is 20.3. The zero-order chi connectivity index (χ0) is 26.2. The van der Waals surface area contributed by atoms with E-state index in [0.29, 0.717) is 23.3 Å². The van der Waals surface area contributed by atoms with Crippen molar-refractivity contribution in [2.75, 3.05) is 16.3 Å². The van der Waals surface area contributed by atoms with Gasteiger partial charge in [-0.1, -0.05) is 48.5 Å². The molecule has 3 aromatic carbocycles. The molecule has 0 spiro atoms. The summed E-state index contributed by atoms with van der Waals surface area (Å²) in [7, 11) is -5.59. The SMILES string of the molecule is O=S(=O)(Nc1ccccc1-c1ccc2c(c1)OC[C@@H](CC1=CN(c3ccccc3)NN1)[C@@H]2O)C(F)(F)F. The van der Waals surface area contributed by atoms with E-state index in [1.807, 2.05) is 41.5 Å². The van der Waals surface area contributed by atoms with Crippen LogP contribution in [-0.4, -0.2) is 25.6 Å². The van der Waals surface area contributed by atoms with Crippen LogP contribution in [0, 0.1) is 5.92 Å². The fourth-order valence-electron chi connectivity index (χ4n) is 4.28. The van der Waals surface area contributed by atoms with Crippen molar-refractivity contribution in [2.24, 2.45) is 5.92 Å². The Hall–Kier alpha value is -3.74. The minimum absolute atomic E-state index is 0.213. The summed E-state index contributed by atoms with van der Waals surface area (Å²) in [5.41, 5.74) is 3.51. The Morgan fingerprint density at radius 3 is 2.54 bits per heavy atom. The van der Waals surface area contributed by atoms with Crippen molar-refractivity contribution in [1.82, 2.24) is 11.0 Å². The molecule has 5 rings (SSSR count). The number of sulfonamides is 1. The number of hydrazine groups is 2. The summed E-state index contributed by atoms with van der Waals surface area (Å²) in [5, 5.41) is 12.9. The molecule has 0 unspecified atom stereocenters. The van der Waals surface area contributed by atoms with Gasteiger partial charge in [0.1, 0.15) is 5.75 Å². The van der Waals surface area contributed by atoms with E-state index in [-0.39, 0.29) is 23.8 Å². The largest absolute Gasteiger partial charge is 0.516 e. The third-order valence-electron chi connectivity index (χ3n) is 6.16. The van der Waals surface area contributed by atoms with Gasteiger partial charge >= 0.3 is 15.5 Å². The van der Waals surface area contributed by atoms with Gasteiger partial charge in [-0.25, -0.2) is 0 Å². The van der Waals surface area contributed by atoms with Crippen LogP contribution in [-0.2, 0) is 10.0 Å². The number of allylic oxidation sites excluding steroid dienone is 1. The highest BCUT2D eigenvalue weighted by Crippen LogP contribution is 2.41. The Balaban J connectivity index is 1.34. The van der Waals surface area contributed by atoms with Crippen molar-refractivity contribution in [3.63, 3.8) is 0 Å². The van der Waals surface area contributed by atoms with Crippen LogP contribution in [0.3, 0.4) is 0 Å². The van der Waals surface area contributed by atoms with E-state index in [9.17, 15) is 26.7 Å². The summed E-state index contributed by atoms with van der Waals surface area (Å²) in [5.74, 6) is 0.132. The zero-order valence-electron chi connectivity index (χ0n) is 19.2. The van der Waals surface area contributed by atoms with Crippen LogP contribution in [0.4, 0.5) is 24.5 Å². The Morgan fingerprint density at radius 1 is 1.05 bits per heavy atom. The van der Waals surface area contributed by atoms with Crippen molar-refractivity contribution in [3.05, 3.63) is 90.3 Å². The van der Waals surface area contributed by atoms with E-state index in [2.05, 4.69) is 11.0 Å². The molecule has 0 amide bonds. The Labute approximate surface area is 211 Å². The number of rotatable bonds is 6. The quantitative estimate of drug-likeness (QED) is 0.373. The van der Waals surface area contributed by atoms with E-state index in [0.717, 1.165) is 11.4 Å². The average molecular weight is 533 g/mol. The summed E-state index contributed by atoms with van der Waals surface area (Å²) < 4.78 is 69.5. The lowest BCUT2D eigenvalue weighted by Gasteiger charge is -2.31. The number of para-hydroxylation sites is 2. The summed E-state index contributed by atoms with van der Waals surface area (Å²) in [4.78, 5) is 0. The normalized spacial score (nSPS) is 19.5. The van der Waals surface area contributed by atoms with Gasteiger partial charge in [-0.05, 0) is 36.2 Å². The molecule has 0 aliphatic carbocycles. The van der Waals surface area contributed by atoms with Gasteiger partial charge in [-0.15, -0.1) is 5.53 Å². The van der Waals surface area contributed by atoms with Crippen LogP contribution in [0.1, 0.15) is 18.1 Å². The third kappa shape index (κ3) is 5.08. The van der Waals surface area contributed by atoms with Gasteiger partial charge in [0.05, 0.1) is 24.1 Å². The first kappa shape index (κ1) is 24.9. The molecule has 8 nitrogen and oxygen atoms in total. The second-order valence-electron chi connectivity index (χ2n) is 8.67. The smallest absolute Gasteiger partial charge is 0.493 e. The molecule has 0 fully saturated rings. The number of hydrogen-bond acceptors (Lipinski definition) is 7. The summed E-state index contributed by atoms with van der Waals surface area (Å²) in [6.07, 6.45) is 1.56. The minimum Gasteiger partial charge on any atom is -0.493 e. The Bertz CT molecular complexity index is 1430. The van der Waals surface area contributed by atoms with Gasteiger partial charge in [0, 0.05) is 28.9 Å². The van der Waals surface area contributed by atoms with Crippen molar-refractivity contribution < 1.29 is 31.4 Å². The van der Waals surface area contributed by atoms with Crippen LogP contribution in [0.15, 0.2) is 84.7 Å². The van der Waals surface area contributed by atoms with Crippen LogP contribution in [0.25, 0.3) is 11.1 Å². The zero-order valence-corrected chi connectivity index (χ0v) is 20.1. The molecular formula is C25H23F3N4O4S. The van der Waals surface area contributed by atoms with Crippen LogP contribution in [0.2, 0.25) is 0 Å². The molecule has 0 radical (unpaired) electrons. The summed E-state index contributed by atoms with van der Waals surface area (Å²) in [6.45, 7) is 0.213. The van der Waals surface area contributed by atoms with Crippen molar-refractivity contribution in [3.8, 4) is 16.9 Å². The highest BCUT2D eigenvalue weighted by Gasteiger charge is 2.46. The van der Waals surface area contributed by atoms with Crippen molar-refractivity contribution in [2.45, 2.75) is 18.0 Å². The molecule has 4 N–H and O–H groups in total. The first-order valence-electron chi connectivity index (χ1n) is 11.3. The molecule has 2 heterocycles. The van der Waals surface area contributed by atoms with E-state index < -0.39 is 21.6 Å². The molecule has 2 aliphatic rings. The van der Waals surface area contributed by atoms with Gasteiger partial charge < -0.3 is 15.3 Å². The Kier molecular flexibility index (Phi) is 6.48. The number of aliphatic hydroxyl groups excluding tert-OH is 1. The topological polar surface area (TPSA) is 103 Å². The van der Waals surface area contributed by atoms with Gasteiger partial charge in [0.2, 0.25) is 0 Å². The molecule has 37 heavy (non-hydrogen) atoms. The highest BCUT2D eigenvalue weighted by molar-refractivity contribution is 7.93. The number of anilines is 2. The van der Waals surface area contributed by atoms with Crippen LogP contribution in [0.5, 0.6) is 5.75 Å². The number of nitrogens with zero attached hydrogens (tertiary/aromatic N) is 1. The molecule has 2 aliphatic heterocycles. The maximum atomic E-state index is 12.9. The first-order chi connectivity index (χ1) is 17.6. The second-order valence-corrected chi connectivity index (χ2v) is 10.3. The van der Waals surface area contributed by atoms with Crippen molar-refractivity contribution >= 4 is 21.4 Å². The standard InChI is InChI=1S/C25H23F3N4O4S/c26-25(27,28)37(34,35)30-22-9-5-4-8-20(22)16-10-11-21-23(13-16)36-15-17(24(21)33)12-18-14-32(31-29-18)19-6-2-1-3-7-19/h1-11,13-14,17,24,29-31,33H,12,15H2/t17-,24+/m1/s1. The maximum absolute atomic E-state index is 12.9. The number of halogens is 3. The molecular weight excluding hydrogens is 509 g/mol. The van der Waals surface area contributed by atoms with Gasteiger partial charge in [0.15, 0.2) is 0 Å². The average Bonchev–Trinajstić information content (AvgIpc) is 3.34. The molecule has 12 heteroatoms. The lowest BCUT2D eigenvalue weighted by atomic mass is 9.88. The second kappa shape index (κ2) is 9.61. The van der Waals surface area contributed by atoms with E-state index in [4.69, 9.17) is 4.74 Å². The predicted molar refractivity (Wildman–Crippen MR) is 132 cm³/mol. The van der Waals surface area contributed by atoms with Crippen LogP contribution < -0.4 is 25.4 Å². The molecule has 0 saturated carbocycles. The molecule has 194 valence electrons. The number of aliphatic hydroxyl groups is 1. The molecule has 0 bridgehead atoms. The van der Waals surface area contributed by atoms with Gasteiger partial charge in [-0.2, -0.15) is 21.6 Å². The van der Waals surface area contributed by atoms with Crippen LogP contribution >= 0.6 is 0 Å². The number of benzene rings is 3. The van der Waals surface area contributed by atoms with Crippen molar-refractivity contribution in [1.29, 1.82) is 0 Å². The number of fused-ring (bicyclic) bond motifs is 1.